The van der Waals surface area contributed by atoms with Crippen molar-refractivity contribution in [3.63, 3.8) is 0 Å². The number of aliphatic imine (C=N–C) groups is 1. The predicted molar refractivity (Wildman–Crippen MR) is 109 cm³/mol. The third-order valence-corrected chi connectivity index (χ3v) is 5.04. The summed E-state index contributed by atoms with van der Waals surface area (Å²) in [5.74, 6) is 0.924. The van der Waals surface area contributed by atoms with Gasteiger partial charge < -0.3 is 15.5 Å². The molecule has 0 amide bonds. The molecule has 6 heteroatoms. The molecule has 0 saturated carbocycles. The summed E-state index contributed by atoms with van der Waals surface area (Å²) >= 11 is 0. The fourth-order valence-electron chi connectivity index (χ4n) is 3.36. The van der Waals surface area contributed by atoms with Crippen molar-refractivity contribution in [1.82, 2.24) is 15.6 Å². The zero-order chi connectivity index (χ0) is 19.3. The molecule has 1 atom stereocenters. The molecule has 1 aliphatic heterocycles. The zero-order valence-corrected chi connectivity index (χ0v) is 16.2. The maximum atomic E-state index is 13.9. The molecule has 0 aliphatic carbocycles. The number of hydrogen-bond acceptors (Lipinski definition) is 3. The summed E-state index contributed by atoms with van der Waals surface area (Å²) in [6.45, 7) is 6.67. The highest BCUT2D eigenvalue weighted by atomic mass is 19.1. The van der Waals surface area contributed by atoms with Crippen LogP contribution in [0.2, 0.25) is 0 Å². The topological polar surface area (TPSA) is 52.6 Å². The van der Waals surface area contributed by atoms with Crippen LogP contribution in [0, 0.1) is 5.82 Å². The van der Waals surface area contributed by atoms with Gasteiger partial charge in [-0.15, -0.1) is 0 Å². The summed E-state index contributed by atoms with van der Waals surface area (Å²) in [7, 11) is 1.77. The van der Waals surface area contributed by atoms with E-state index in [4.69, 9.17) is 0 Å². The van der Waals surface area contributed by atoms with Gasteiger partial charge in [0.25, 0.3) is 0 Å². The van der Waals surface area contributed by atoms with Gasteiger partial charge in [-0.1, -0.05) is 44.2 Å². The Kier molecular flexibility index (Phi) is 5.94. The van der Waals surface area contributed by atoms with Crippen LogP contribution >= 0.6 is 0 Å². The van der Waals surface area contributed by atoms with Crippen LogP contribution in [-0.4, -0.2) is 43.7 Å². The third-order valence-electron chi connectivity index (χ3n) is 5.04. The Morgan fingerprint density at radius 2 is 2.04 bits per heavy atom. The fraction of sp³-hybridized carbons (Fsp3) is 0.429. The van der Waals surface area contributed by atoms with Gasteiger partial charge in [0, 0.05) is 44.3 Å². The van der Waals surface area contributed by atoms with Crippen LogP contribution in [0.25, 0.3) is 0 Å². The van der Waals surface area contributed by atoms with E-state index in [0.717, 1.165) is 25.5 Å². The molecule has 2 heterocycles. The van der Waals surface area contributed by atoms with E-state index in [-0.39, 0.29) is 17.3 Å². The quantitative estimate of drug-likeness (QED) is 0.629. The maximum Gasteiger partial charge on any atom is 0.191 e. The van der Waals surface area contributed by atoms with E-state index in [1.807, 2.05) is 11.0 Å². The molecule has 2 aromatic rings. The number of pyridine rings is 1. The number of anilines is 1. The van der Waals surface area contributed by atoms with Crippen molar-refractivity contribution in [3.8, 4) is 0 Å². The molecule has 144 valence electrons. The summed E-state index contributed by atoms with van der Waals surface area (Å²) in [5.41, 5.74) is 1.27. The van der Waals surface area contributed by atoms with Crippen LogP contribution in [0.1, 0.15) is 25.8 Å². The largest absolute Gasteiger partial charge is 0.356 e. The average molecular weight is 369 g/mol. The monoisotopic (exact) mass is 369 g/mol. The second-order valence-electron chi connectivity index (χ2n) is 7.56. The van der Waals surface area contributed by atoms with Crippen LogP contribution in [0.5, 0.6) is 0 Å². The Balaban J connectivity index is 1.55. The molecule has 1 fully saturated rings. The molecule has 0 spiro atoms. The number of rotatable bonds is 5. The van der Waals surface area contributed by atoms with E-state index in [2.05, 4.69) is 58.7 Å². The summed E-state index contributed by atoms with van der Waals surface area (Å²) in [6.07, 6.45) is 2.55. The number of nitrogens with one attached hydrogen (secondary N) is 2. The Morgan fingerprint density at radius 1 is 1.26 bits per heavy atom. The van der Waals surface area contributed by atoms with Crippen LogP contribution in [-0.2, 0) is 5.41 Å². The Morgan fingerprint density at radius 3 is 2.74 bits per heavy atom. The summed E-state index contributed by atoms with van der Waals surface area (Å²) in [6, 6.07) is 13.7. The highest BCUT2D eigenvalue weighted by molar-refractivity contribution is 5.80. The lowest BCUT2D eigenvalue weighted by molar-refractivity contribution is 0.505. The lowest BCUT2D eigenvalue weighted by atomic mass is 9.85. The first kappa shape index (κ1) is 19.1. The molecule has 5 nitrogen and oxygen atoms in total. The highest BCUT2D eigenvalue weighted by Gasteiger charge is 2.26. The molecule has 1 aliphatic rings. The average Bonchev–Trinajstić information content (AvgIpc) is 3.14. The molecule has 2 N–H and O–H groups in total. The number of hydrogen-bond donors (Lipinski definition) is 2. The van der Waals surface area contributed by atoms with Gasteiger partial charge in [-0.05, 0) is 24.1 Å². The molecule has 27 heavy (non-hydrogen) atoms. The summed E-state index contributed by atoms with van der Waals surface area (Å²) < 4.78 is 13.9. The second kappa shape index (κ2) is 8.37. The van der Waals surface area contributed by atoms with Crippen LogP contribution in [0.3, 0.4) is 0 Å². The highest BCUT2D eigenvalue weighted by Crippen LogP contribution is 2.22. The van der Waals surface area contributed by atoms with E-state index >= 15 is 0 Å². The van der Waals surface area contributed by atoms with E-state index in [0.29, 0.717) is 12.4 Å². The van der Waals surface area contributed by atoms with Crippen molar-refractivity contribution < 1.29 is 4.39 Å². The normalized spacial score (nSPS) is 17.9. The van der Waals surface area contributed by atoms with E-state index in [1.165, 1.54) is 11.6 Å². The number of benzene rings is 1. The van der Waals surface area contributed by atoms with Gasteiger partial charge >= 0.3 is 0 Å². The smallest absolute Gasteiger partial charge is 0.191 e. The zero-order valence-electron chi connectivity index (χ0n) is 16.2. The van der Waals surface area contributed by atoms with Gasteiger partial charge in [0.1, 0.15) is 0 Å². The first-order chi connectivity index (χ1) is 13.0. The Labute approximate surface area is 160 Å². The maximum absolute atomic E-state index is 13.9. The molecule has 3 rings (SSSR count). The van der Waals surface area contributed by atoms with Gasteiger partial charge in [0.05, 0.1) is 0 Å². The molecule has 1 aromatic carbocycles. The van der Waals surface area contributed by atoms with Gasteiger partial charge in [-0.2, -0.15) is 0 Å². The molecule has 1 unspecified atom stereocenters. The third kappa shape index (κ3) is 4.76. The summed E-state index contributed by atoms with van der Waals surface area (Å²) in [4.78, 5) is 10.5. The van der Waals surface area contributed by atoms with Gasteiger partial charge in [0.2, 0.25) is 0 Å². The minimum Gasteiger partial charge on any atom is -0.356 e. The van der Waals surface area contributed by atoms with Crippen LogP contribution in [0.15, 0.2) is 53.7 Å². The first-order valence-electron chi connectivity index (χ1n) is 9.38. The number of guanidine groups is 1. The standard InChI is InChI=1S/C21H28FN5/c1-21(2,16-8-5-4-6-9-16)15-25-20(23-3)26-17-11-13-27(14-17)19-18(22)10-7-12-24-19/h4-10,12,17H,11,13-15H2,1-3H3,(H2,23,25,26). The Bertz CT molecular complexity index is 775. The predicted octanol–water partition coefficient (Wildman–Crippen LogP) is 2.94. The number of halogens is 1. The van der Waals surface area contributed by atoms with Crippen LogP contribution < -0.4 is 15.5 Å². The van der Waals surface area contributed by atoms with Gasteiger partial charge in [-0.3, -0.25) is 4.99 Å². The van der Waals surface area contributed by atoms with E-state index in [1.54, 1.807) is 19.3 Å². The summed E-state index contributed by atoms with van der Waals surface area (Å²) in [5, 5.41) is 6.89. The fourth-order valence-corrected chi connectivity index (χ4v) is 3.36. The molecular formula is C21H28FN5. The molecular weight excluding hydrogens is 341 g/mol. The van der Waals surface area contributed by atoms with E-state index in [9.17, 15) is 4.39 Å². The first-order valence-corrected chi connectivity index (χ1v) is 9.38. The minimum absolute atomic E-state index is 0.0162. The second-order valence-corrected chi connectivity index (χ2v) is 7.56. The van der Waals surface area contributed by atoms with Crippen molar-refractivity contribution in [2.45, 2.75) is 31.7 Å². The van der Waals surface area contributed by atoms with Crippen molar-refractivity contribution in [2.75, 3.05) is 31.6 Å². The minimum atomic E-state index is -0.273. The Hall–Kier alpha value is -2.63. The van der Waals surface area contributed by atoms with Crippen molar-refractivity contribution in [1.29, 1.82) is 0 Å². The van der Waals surface area contributed by atoms with Gasteiger partial charge in [-0.25, -0.2) is 9.37 Å². The van der Waals surface area contributed by atoms with Crippen molar-refractivity contribution >= 4 is 11.8 Å². The lowest BCUT2D eigenvalue weighted by Crippen LogP contribution is -2.48. The van der Waals surface area contributed by atoms with Crippen LogP contribution in [0.4, 0.5) is 10.2 Å². The number of aromatic nitrogens is 1. The molecule has 1 saturated heterocycles. The number of nitrogens with zero attached hydrogens (tertiary/aromatic N) is 3. The van der Waals surface area contributed by atoms with Gasteiger partial charge in [0.15, 0.2) is 17.6 Å². The van der Waals surface area contributed by atoms with Crippen molar-refractivity contribution in [3.05, 3.63) is 60.0 Å². The lowest BCUT2D eigenvalue weighted by Gasteiger charge is -2.27. The molecule has 1 aromatic heterocycles. The van der Waals surface area contributed by atoms with Crippen molar-refractivity contribution in [2.24, 2.45) is 4.99 Å². The molecule has 0 radical (unpaired) electrons. The SMILES string of the molecule is CN=C(NCC(C)(C)c1ccccc1)NC1CCN(c2ncccc2F)C1. The van der Waals surface area contributed by atoms with E-state index < -0.39 is 0 Å². The molecule has 0 bridgehead atoms.